The van der Waals surface area contributed by atoms with Gasteiger partial charge in [0.25, 0.3) is 0 Å². The van der Waals surface area contributed by atoms with E-state index in [9.17, 15) is 9.90 Å². The molecule has 20 heavy (non-hydrogen) atoms. The van der Waals surface area contributed by atoms with E-state index in [2.05, 4.69) is 5.32 Å². The predicted octanol–water partition coefficient (Wildman–Crippen LogP) is 0.879. The van der Waals surface area contributed by atoms with E-state index >= 15 is 0 Å². The van der Waals surface area contributed by atoms with Crippen LogP contribution in [0.5, 0.6) is 0 Å². The predicted molar refractivity (Wildman–Crippen MR) is 76.8 cm³/mol. The number of hydrogen-bond donors (Lipinski definition) is 3. The van der Waals surface area contributed by atoms with E-state index in [0.29, 0.717) is 25.5 Å². The Bertz CT molecular complexity index is 250. The van der Waals surface area contributed by atoms with Crippen LogP contribution < -0.4 is 5.32 Å². The summed E-state index contributed by atoms with van der Waals surface area (Å²) in [5, 5.41) is 21.4. The van der Waals surface area contributed by atoms with Gasteiger partial charge in [-0.1, -0.05) is 6.92 Å². The molecule has 6 nitrogen and oxygen atoms in total. The second-order valence-electron chi connectivity index (χ2n) is 5.28. The number of carbonyl (C=O) groups is 1. The number of carboxylic acids is 1. The molecule has 0 rings (SSSR count). The van der Waals surface area contributed by atoms with Gasteiger partial charge < -0.3 is 25.0 Å². The molecule has 0 bridgehead atoms. The molecule has 120 valence electrons. The van der Waals surface area contributed by atoms with Crippen LogP contribution in [0.15, 0.2) is 0 Å². The molecule has 0 aliphatic carbocycles. The lowest BCUT2D eigenvalue weighted by molar-refractivity contribution is -0.137. The number of methoxy groups -OCH3 is 1. The first kappa shape index (κ1) is 19.3. The van der Waals surface area contributed by atoms with Crippen molar-refractivity contribution in [2.45, 2.75) is 45.3 Å². The molecule has 3 unspecified atom stereocenters. The number of nitrogens with one attached hydrogen (secondary N) is 1. The smallest absolute Gasteiger partial charge is 0.303 e. The van der Waals surface area contributed by atoms with E-state index in [1.807, 2.05) is 13.8 Å². The summed E-state index contributed by atoms with van der Waals surface area (Å²) in [6.07, 6.45) is 1.25. The molecule has 0 radical (unpaired) electrons. The molecule has 0 heterocycles. The van der Waals surface area contributed by atoms with Crippen molar-refractivity contribution in [1.82, 2.24) is 5.32 Å². The molecular weight excluding hydrogens is 262 g/mol. The number of aliphatic carboxylic acids is 1. The first-order valence-corrected chi connectivity index (χ1v) is 7.16. The van der Waals surface area contributed by atoms with Gasteiger partial charge in [0.1, 0.15) is 0 Å². The number of aliphatic hydroxyl groups excluding tert-OH is 1. The summed E-state index contributed by atoms with van der Waals surface area (Å²) in [5.74, 6) is -0.378. The van der Waals surface area contributed by atoms with E-state index in [-0.39, 0.29) is 19.1 Å². The maximum absolute atomic E-state index is 10.4. The first-order valence-electron chi connectivity index (χ1n) is 7.16. The molecule has 0 aromatic heterocycles. The monoisotopic (exact) mass is 291 g/mol. The topological polar surface area (TPSA) is 88.0 Å². The third-order valence-corrected chi connectivity index (χ3v) is 3.02. The fraction of sp³-hybridized carbons (Fsp3) is 0.929. The highest BCUT2D eigenvalue weighted by atomic mass is 16.5. The first-order chi connectivity index (χ1) is 9.45. The zero-order chi connectivity index (χ0) is 15.4. The van der Waals surface area contributed by atoms with Gasteiger partial charge in [0.2, 0.25) is 0 Å². The van der Waals surface area contributed by atoms with Crippen LogP contribution in [0, 0.1) is 5.92 Å². The second-order valence-corrected chi connectivity index (χ2v) is 5.28. The highest BCUT2D eigenvalue weighted by Crippen LogP contribution is 2.09. The zero-order valence-electron chi connectivity index (χ0n) is 12.8. The molecule has 0 aromatic carbocycles. The molecule has 0 aliphatic rings. The minimum Gasteiger partial charge on any atom is -0.481 e. The van der Waals surface area contributed by atoms with Crippen molar-refractivity contribution in [2.75, 3.05) is 33.4 Å². The summed E-state index contributed by atoms with van der Waals surface area (Å²) in [7, 11) is 1.61. The number of rotatable bonds is 13. The molecule has 0 fully saturated rings. The SMILES string of the molecule is COCC(C)OCC(O)CNCCC(C)CCC(=O)O. The van der Waals surface area contributed by atoms with Gasteiger partial charge in [0.15, 0.2) is 0 Å². The molecule has 0 aliphatic heterocycles. The van der Waals surface area contributed by atoms with Gasteiger partial charge >= 0.3 is 5.97 Å². The average molecular weight is 291 g/mol. The molecular formula is C14H29NO5. The van der Waals surface area contributed by atoms with Crippen molar-refractivity contribution in [3.63, 3.8) is 0 Å². The third-order valence-electron chi connectivity index (χ3n) is 3.02. The van der Waals surface area contributed by atoms with Crippen LogP contribution in [0.2, 0.25) is 0 Å². The molecule has 0 aromatic rings. The minimum atomic E-state index is -0.748. The Morgan fingerprint density at radius 1 is 1.25 bits per heavy atom. The van der Waals surface area contributed by atoms with E-state index < -0.39 is 12.1 Å². The van der Waals surface area contributed by atoms with Crippen LogP contribution in [0.4, 0.5) is 0 Å². The van der Waals surface area contributed by atoms with Crippen LogP contribution >= 0.6 is 0 Å². The molecule has 0 amide bonds. The van der Waals surface area contributed by atoms with Gasteiger partial charge in [-0.3, -0.25) is 4.79 Å². The fourth-order valence-electron chi connectivity index (χ4n) is 1.75. The minimum absolute atomic E-state index is 0.0225. The van der Waals surface area contributed by atoms with Gasteiger partial charge in [-0.15, -0.1) is 0 Å². The summed E-state index contributed by atoms with van der Waals surface area (Å²) < 4.78 is 10.3. The normalized spacial score (nSPS) is 15.8. The van der Waals surface area contributed by atoms with E-state index in [1.165, 1.54) is 0 Å². The number of aliphatic hydroxyl groups is 1. The summed E-state index contributed by atoms with van der Waals surface area (Å²) >= 11 is 0. The lowest BCUT2D eigenvalue weighted by Gasteiger charge is -2.17. The van der Waals surface area contributed by atoms with Crippen LogP contribution in [0.3, 0.4) is 0 Å². The molecule has 0 saturated heterocycles. The fourth-order valence-corrected chi connectivity index (χ4v) is 1.75. The van der Waals surface area contributed by atoms with Gasteiger partial charge in [0.05, 0.1) is 25.4 Å². The summed E-state index contributed by atoms with van der Waals surface area (Å²) in [4.78, 5) is 10.4. The van der Waals surface area contributed by atoms with Crippen LogP contribution in [0.1, 0.15) is 33.1 Å². The molecule has 6 heteroatoms. The Hall–Kier alpha value is -0.690. The quantitative estimate of drug-likeness (QED) is 0.437. The Morgan fingerprint density at radius 3 is 2.55 bits per heavy atom. The second kappa shape index (κ2) is 12.1. The number of hydrogen-bond acceptors (Lipinski definition) is 5. The van der Waals surface area contributed by atoms with Crippen molar-refractivity contribution in [2.24, 2.45) is 5.92 Å². The highest BCUT2D eigenvalue weighted by molar-refractivity contribution is 5.66. The van der Waals surface area contributed by atoms with Gasteiger partial charge in [-0.2, -0.15) is 0 Å². The van der Waals surface area contributed by atoms with Crippen LogP contribution in [-0.4, -0.2) is 61.8 Å². The van der Waals surface area contributed by atoms with Crippen LogP contribution in [-0.2, 0) is 14.3 Å². The van der Waals surface area contributed by atoms with Crippen molar-refractivity contribution in [3.05, 3.63) is 0 Å². The molecule has 3 atom stereocenters. The Morgan fingerprint density at radius 2 is 1.95 bits per heavy atom. The number of ether oxygens (including phenoxy) is 2. The van der Waals surface area contributed by atoms with Crippen molar-refractivity contribution in [3.8, 4) is 0 Å². The zero-order valence-corrected chi connectivity index (χ0v) is 12.8. The highest BCUT2D eigenvalue weighted by Gasteiger charge is 2.09. The van der Waals surface area contributed by atoms with Crippen molar-refractivity contribution in [1.29, 1.82) is 0 Å². The van der Waals surface area contributed by atoms with Gasteiger partial charge in [-0.05, 0) is 32.2 Å². The van der Waals surface area contributed by atoms with E-state index in [4.69, 9.17) is 14.6 Å². The largest absolute Gasteiger partial charge is 0.481 e. The molecule has 3 N–H and O–H groups in total. The maximum atomic E-state index is 10.4. The summed E-state index contributed by atoms with van der Waals surface area (Å²) in [6.45, 7) is 5.98. The maximum Gasteiger partial charge on any atom is 0.303 e. The van der Waals surface area contributed by atoms with E-state index in [0.717, 1.165) is 13.0 Å². The average Bonchev–Trinajstić information content (AvgIpc) is 2.39. The molecule has 0 saturated carbocycles. The van der Waals surface area contributed by atoms with Gasteiger partial charge in [0, 0.05) is 20.1 Å². The lowest BCUT2D eigenvalue weighted by atomic mass is 10.0. The Labute approximate surface area is 121 Å². The van der Waals surface area contributed by atoms with Gasteiger partial charge in [-0.25, -0.2) is 0 Å². The standard InChI is InChI=1S/C14H29NO5/c1-11(4-5-14(17)18)6-7-15-8-13(16)10-20-12(2)9-19-3/h11-13,15-16H,4-10H2,1-3H3,(H,17,18). The Balaban J connectivity index is 3.47. The lowest BCUT2D eigenvalue weighted by Crippen LogP contribution is -2.33. The third kappa shape index (κ3) is 12.3. The summed E-state index contributed by atoms with van der Waals surface area (Å²) in [6, 6.07) is 0. The van der Waals surface area contributed by atoms with E-state index in [1.54, 1.807) is 7.11 Å². The van der Waals surface area contributed by atoms with Crippen LogP contribution in [0.25, 0.3) is 0 Å². The Kier molecular flexibility index (Phi) is 11.7. The number of carboxylic acid groups (broad SMARTS) is 1. The molecule has 0 spiro atoms. The van der Waals surface area contributed by atoms with Crippen molar-refractivity contribution >= 4 is 5.97 Å². The van der Waals surface area contributed by atoms with Crippen molar-refractivity contribution < 1.29 is 24.5 Å². The summed E-state index contributed by atoms with van der Waals surface area (Å²) in [5.41, 5.74) is 0.